The molecule has 3 rings (SSSR count). The minimum atomic E-state index is -4.67. The zero-order chi connectivity index (χ0) is 22.7. The van der Waals surface area contributed by atoms with Crippen molar-refractivity contribution < 1.29 is 21.6 Å². The summed E-state index contributed by atoms with van der Waals surface area (Å²) in [5, 5.41) is 0. The van der Waals surface area contributed by atoms with Crippen LogP contribution in [0.25, 0.3) is 0 Å². The lowest BCUT2D eigenvalue weighted by Gasteiger charge is -2.50. The van der Waals surface area contributed by atoms with Gasteiger partial charge in [-0.25, -0.2) is 8.42 Å². The van der Waals surface area contributed by atoms with Crippen LogP contribution < -0.4 is 0 Å². The molecule has 1 heterocycles. The van der Waals surface area contributed by atoms with Crippen molar-refractivity contribution in [3.63, 3.8) is 0 Å². The first-order valence-corrected chi connectivity index (χ1v) is 13.2. The van der Waals surface area contributed by atoms with Crippen LogP contribution in [0.5, 0.6) is 0 Å². The lowest BCUT2D eigenvalue weighted by Crippen LogP contribution is -2.38. The zero-order valence-electron chi connectivity index (χ0n) is 19.6. The summed E-state index contributed by atoms with van der Waals surface area (Å²) in [5.74, 6) is 0.665. The minimum absolute atomic E-state index is 0.0148. The molecule has 2 aliphatic carbocycles. The first-order valence-electron chi connectivity index (χ1n) is 11.9. The quantitative estimate of drug-likeness (QED) is 0.233. The number of rotatable bonds is 10. The Morgan fingerprint density at radius 3 is 2.68 bits per heavy atom. The fraction of sp³-hybridized carbons (Fsp3) is 0.760. The van der Waals surface area contributed by atoms with E-state index in [4.69, 9.17) is 8.60 Å². The minimum Gasteiger partial charge on any atom is -0.726 e. The van der Waals surface area contributed by atoms with Crippen molar-refractivity contribution in [2.75, 3.05) is 6.61 Å². The van der Waals surface area contributed by atoms with Gasteiger partial charge in [0.05, 0.1) is 19.1 Å². The third-order valence-electron chi connectivity index (χ3n) is 8.19. The molecule has 0 fully saturated rings. The second-order valence-electron chi connectivity index (χ2n) is 10.7. The van der Waals surface area contributed by atoms with E-state index in [-0.39, 0.29) is 17.9 Å². The Labute approximate surface area is 188 Å². The van der Waals surface area contributed by atoms with Gasteiger partial charge in [0.2, 0.25) is 10.4 Å². The maximum Gasteiger partial charge on any atom is 0.217 e. The standard InChI is InChI=1S/C25H40O5S/c1-19-10-11-22-23(9-6-14-24(22,2)3)25(19,4)15-12-20(18-30-31(26,27)28)7-5-8-21-13-16-29-17-21/h13,16-17,19-20H,5-12,14-15,18H2,1-4H3,(H,26,27,28)/p-1/t19-,20?,25+/m1/s1. The maximum atomic E-state index is 11.1. The molecule has 0 N–H and O–H groups in total. The molecule has 1 unspecified atom stereocenters. The molecule has 6 heteroatoms. The number of allylic oxidation sites excluding steroid dienone is 2. The number of hydrogen-bond acceptors (Lipinski definition) is 5. The first-order chi connectivity index (χ1) is 14.5. The van der Waals surface area contributed by atoms with Gasteiger partial charge in [0.25, 0.3) is 0 Å². The first kappa shape index (κ1) is 24.5. The summed E-state index contributed by atoms with van der Waals surface area (Å²) < 4.78 is 43.1. The summed E-state index contributed by atoms with van der Waals surface area (Å²) >= 11 is 0. The molecule has 3 atom stereocenters. The monoisotopic (exact) mass is 451 g/mol. The van der Waals surface area contributed by atoms with Crippen LogP contribution in [-0.4, -0.2) is 19.6 Å². The number of hydrogen-bond donors (Lipinski definition) is 0. The van der Waals surface area contributed by atoms with Crippen molar-refractivity contribution in [2.24, 2.45) is 22.7 Å². The van der Waals surface area contributed by atoms with E-state index in [0.29, 0.717) is 11.3 Å². The van der Waals surface area contributed by atoms with Crippen LogP contribution in [-0.2, 0) is 21.0 Å². The molecule has 0 saturated carbocycles. The smallest absolute Gasteiger partial charge is 0.217 e. The maximum absolute atomic E-state index is 11.1. The topological polar surface area (TPSA) is 79.6 Å². The average Bonchev–Trinajstić information content (AvgIpc) is 3.19. The average molecular weight is 452 g/mol. The highest BCUT2D eigenvalue weighted by atomic mass is 32.3. The van der Waals surface area contributed by atoms with Crippen LogP contribution in [0.2, 0.25) is 0 Å². The van der Waals surface area contributed by atoms with Crippen molar-refractivity contribution in [1.82, 2.24) is 0 Å². The van der Waals surface area contributed by atoms with Crippen LogP contribution in [0.4, 0.5) is 0 Å². The van der Waals surface area contributed by atoms with E-state index < -0.39 is 10.4 Å². The molecule has 1 aromatic rings. The van der Waals surface area contributed by atoms with Gasteiger partial charge in [-0.1, -0.05) is 38.8 Å². The van der Waals surface area contributed by atoms with Gasteiger partial charge >= 0.3 is 0 Å². The number of furan rings is 1. The molecule has 0 aliphatic heterocycles. The largest absolute Gasteiger partial charge is 0.726 e. The Balaban J connectivity index is 1.70. The van der Waals surface area contributed by atoms with Crippen molar-refractivity contribution in [3.8, 4) is 0 Å². The van der Waals surface area contributed by atoms with E-state index in [2.05, 4.69) is 27.7 Å². The Kier molecular flexibility index (Phi) is 7.75. The third-order valence-corrected chi connectivity index (χ3v) is 8.62. The fourth-order valence-electron chi connectivity index (χ4n) is 5.94. The Bertz CT molecular complexity index is 852. The summed E-state index contributed by atoms with van der Waals surface area (Å²) in [7, 11) is -4.67. The summed E-state index contributed by atoms with van der Waals surface area (Å²) in [6.45, 7) is 9.56. The molecule has 0 amide bonds. The number of aryl methyl sites for hydroxylation is 1. The van der Waals surface area contributed by atoms with E-state index >= 15 is 0 Å². The fourth-order valence-corrected chi connectivity index (χ4v) is 6.29. The van der Waals surface area contributed by atoms with Crippen LogP contribution in [0.1, 0.15) is 91.0 Å². The highest BCUT2D eigenvalue weighted by molar-refractivity contribution is 7.80. The molecule has 0 spiro atoms. The van der Waals surface area contributed by atoms with E-state index in [1.807, 2.05) is 6.07 Å². The predicted octanol–water partition coefficient (Wildman–Crippen LogP) is 6.42. The second-order valence-corrected chi connectivity index (χ2v) is 11.7. The second kappa shape index (κ2) is 9.80. The highest BCUT2D eigenvalue weighted by Gasteiger charge is 2.44. The van der Waals surface area contributed by atoms with Crippen LogP contribution >= 0.6 is 0 Å². The molecular weight excluding hydrogens is 412 g/mol. The molecule has 0 aromatic carbocycles. The van der Waals surface area contributed by atoms with Crippen LogP contribution in [0.3, 0.4) is 0 Å². The molecule has 31 heavy (non-hydrogen) atoms. The molecule has 0 bridgehead atoms. The van der Waals surface area contributed by atoms with Gasteiger partial charge in [0.15, 0.2) is 0 Å². The molecule has 0 saturated heterocycles. The van der Waals surface area contributed by atoms with Crippen LogP contribution in [0.15, 0.2) is 34.2 Å². The summed E-state index contributed by atoms with van der Waals surface area (Å²) in [6.07, 6.45) is 14.1. The van der Waals surface area contributed by atoms with Gasteiger partial charge in [-0.15, -0.1) is 0 Å². The van der Waals surface area contributed by atoms with Crippen molar-refractivity contribution in [3.05, 3.63) is 35.3 Å². The Hall–Kier alpha value is -1.11. The lowest BCUT2D eigenvalue weighted by atomic mass is 9.55. The summed E-state index contributed by atoms with van der Waals surface area (Å²) in [6, 6.07) is 1.96. The summed E-state index contributed by atoms with van der Waals surface area (Å²) in [4.78, 5) is 0. The zero-order valence-corrected chi connectivity index (χ0v) is 20.4. The van der Waals surface area contributed by atoms with Gasteiger partial charge in [-0.05, 0) is 98.5 Å². The highest BCUT2D eigenvalue weighted by Crippen LogP contribution is 2.56. The van der Waals surface area contributed by atoms with Gasteiger partial charge < -0.3 is 8.97 Å². The molecule has 2 aliphatic rings. The van der Waals surface area contributed by atoms with Crippen LogP contribution in [0, 0.1) is 22.7 Å². The normalized spacial score (nSPS) is 27.2. The van der Waals surface area contributed by atoms with Crippen molar-refractivity contribution >= 4 is 10.4 Å². The Morgan fingerprint density at radius 1 is 1.23 bits per heavy atom. The van der Waals surface area contributed by atoms with E-state index in [9.17, 15) is 13.0 Å². The molecule has 1 aromatic heterocycles. The molecule has 5 nitrogen and oxygen atoms in total. The van der Waals surface area contributed by atoms with E-state index in [1.54, 1.807) is 23.7 Å². The SMILES string of the molecule is C[C@@H]1CCC2=C(CCCC2(C)C)[C@@]1(C)CCC(CCCc1ccoc1)COS(=O)(=O)[O-]. The molecular formula is C25H39O5S-. The van der Waals surface area contributed by atoms with Crippen molar-refractivity contribution in [2.45, 2.75) is 91.9 Å². The van der Waals surface area contributed by atoms with E-state index in [0.717, 1.165) is 37.7 Å². The Morgan fingerprint density at radius 2 is 2.00 bits per heavy atom. The predicted molar refractivity (Wildman–Crippen MR) is 121 cm³/mol. The van der Waals surface area contributed by atoms with Gasteiger partial charge in [0, 0.05) is 0 Å². The molecule has 176 valence electrons. The third kappa shape index (κ3) is 6.23. The molecule has 0 radical (unpaired) electrons. The van der Waals surface area contributed by atoms with Gasteiger partial charge in [-0.3, -0.25) is 4.18 Å². The van der Waals surface area contributed by atoms with Gasteiger partial charge in [0.1, 0.15) is 0 Å². The van der Waals surface area contributed by atoms with E-state index in [1.165, 1.54) is 32.1 Å². The lowest BCUT2D eigenvalue weighted by molar-refractivity contribution is 0.140. The van der Waals surface area contributed by atoms with Crippen molar-refractivity contribution in [1.29, 1.82) is 0 Å². The summed E-state index contributed by atoms with van der Waals surface area (Å²) in [5.41, 5.74) is 4.91. The van der Waals surface area contributed by atoms with Gasteiger partial charge in [-0.2, -0.15) is 0 Å².